The summed E-state index contributed by atoms with van der Waals surface area (Å²) in [6, 6.07) is 0. The van der Waals surface area contributed by atoms with E-state index >= 15 is 0 Å². The summed E-state index contributed by atoms with van der Waals surface area (Å²) in [5, 5.41) is 0. The van der Waals surface area contributed by atoms with Gasteiger partial charge in [-0.05, 0) is 0 Å². The predicted molar refractivity (Wildman–Crippen MR) is 27.5 cm³/mol. The third-order valence-corrected chi connectivity index (χ3v) is 0.711. The maximum absolute atomic E-state index is 11.8. The zero-order valence-electron chi connectivity index (χ0n) is 5.10. The van der Waals surface area contributed by atoms with Crippen molar-refractivity contribution in [2.45, 2.75) is 19.2 Å². The molecule has 0 aliphatic carbocycles. The number of aldehydes is 1. The molecule has 0 heterocycles. The molecule has 0 aliphatic heterocycles. The van der Waals surface area contributed by atoms with Crippen LogP contribution in [0.3, 0.4) is 0 Å². The lowest BCUT2D eigenvalue weighted by Gasteiger charge is -2.05. The largest absolute Gasteiger partial charge is 0.343 e. The summed E-state index contributed by atoms with van der Waals surface area (Å²) in [6.45, 7) is -0.297. The van der Waals surface area contributed by atoms with Crippen molar-refractivity contribution in [1.82, 2.24) is 0 Å². The molecule has 0 aromatic carbocycles. The number of carbonyl (C=O) groups excluding carboxylic acids is 1. The van der Waals surface area contributed by atoms with E-state index in [2.05, 4.69) is 4.74 Å². The van der Waals surface area contributed by atoms with Crippen LogP contribution in [0, 0.1) is 0 Å². The van der Waals surface area contributed by atoms with Crippen molar-refractivity contribution in [1.29, 1.82) is 0 Å². The molecule has 0 saturated heterocycles. The van der Waals surface area contributed by atoms with Crippen LogP contribution in [0.1, 0.15) is 6.42 Å². The third-order valence-electron chi connectivity index (χ3n) is 0.711. The summed E-state index contributed by atoms with van der Waals surface area (Å²) < 4.78 is 38.2. The predicted octanol–water partition coefficient (Wildman–Crippen LogP) is 1.15. The standard InChI is InChI=1S/C5H7F3O2/c6-4(7)5(8)10-3-1-2-9/h2,4-5H,1,3H2. The average molecular weight is 156 g/mol. The van der Waals surface area contributed by atoms with Crippen molar-refractivity contribution < 1.29 is 22.7 Å². The molecule has 2 nitrogen and oxygen atoms in total. The van der Waals surface area contributed by atoms with Gasteiger partial charge in [0.05, 0.1) is 6.61 Å². The highest BCUT2D eigenvalue weighted by molar-refractivity contribution is 5.49. The second kappa shape index (κ2) is 5.22. The van der Waals surface area contributed by atoms with Gasteiger partial charge >= 0.3 is 0 Å². The Morgan fingerprint density at radius 2 is 2.00 bits per heavy atom. The second-order valence-electron chi connectivity index (χ2n) is 1.51. The summed E-state index contributed by atoms with van der Waals surface area (Å²) in [5.74, 6) is 0. The number of hydrogen-bond donors (Lipinski definition) is 0. The van der Waals surface area contributed by atoms with Gasteiger partial charge in [0.2, 0.25) is 0 Å². The first-order valence-corrected chi connectivity index (χ1v) is 2.66. The Kier molecular flexibility index (Phi) is 4.92. The van der Waals surface area contributed by atoms with Gasteiger partial charge in [0.25, 0.3) is 12.8 Å². The van der Waals surface area contributed by atoms with Gasteiger partial charge in [-0.15, -0.1) is 0 Å². The normalized spacial score (nSPS) is 13.6. The molecule has 0 amide bonds. The number of halogens is 3. The van der Waals surface area contributed by atoms with E-state index in [-0.39, 0.29) is 13.0 Å². The van der Waals surface area contributed by atoms with Crippen molar-refractivity contribution in [2.24, 2.45) is 0 Å². The Labute approximate surface area is 56.0 Å². The molecule has 0 spiro atoms. The lowest BCUT2D eigenvalue weighted by Crippen LogP contribution is -2.16. The molecule has 1 atom stereocenters. The van der Waals surface area contributed by atoms with E-state index in [1.165, 1.54) is 0 Å². The van der Waals surface area contributed by atoms with E-state index in [0.29, 0.717) is 6.29 Å². The molecule has 0 aliphatic rings. The van der Waals surface area contributed by atoms with Crippen molar-refractivity contribution in [3.8, 4) is 0 Å². The molecule has 0 fully saturated rings. The first kappa shape index (κ1) is 9.42. The van der Waals surface area contributed by atoms with E-state index in [1.807, 2.05) is 0 Å². The van der Waals surface area contributed by atoms with Gasteiger partial charge in [0, 0.05) is 6.42 Å². The number of ether oxygens (including phenoxy) is 1. The second-order valence-corrected chi connectivity index (χ2v) is 1.51. The van der Waals surface area contributed by atoms with Crippen LogP contribution in [-0.2, 0) is 9.53 Å². The Balaban J connectivity index is 3.21. The molecule has 60 valence electrons. The molecule has 0 aromatic heterocycles. The number of carbonyl (C=O) groups is 1. The fourth-order valence-corrected chi connectivity index (χ4v) is 0.301. The van der Waals surface area contributed by atoms with Crippen LogP contribution < -0.4 is 0 Å². The van der Waals surface area contributed by atoms with Gasteiger partial charge in [-0.25, -0.2) is 13.2 Å². The Hall–Kier alpha value is -0.580. The number of rotatable bonds is 5. The molecule has 0 N–H and O–H groups in total. The molecule has 0 bridgehead atoms. The van der Waals surface area contributed by atoms with Crippen molar-refractivity contribution in [3.05, 3.63) is 0 Å². The van der Waals surface area contributed by atoms with Gasteiger partial charge in [-0.3, -0.25) is 0 Å². The Morgan fingerprint density at radius 1 is 1.40 bits per heavy atom. The van der Waals surface area contributed by atoms with E-state index < -0.39 is 12.8 Å². The van der Waals surface area contributed by atoms with Gasteiger partial charge in [-0.1, -0.05) is 0 Å². The molecule has 0 saturated carbocycles. The van der Waals surface area contributed by atoms with Crippen LogP contribution in [0.5, 0.6) is 0 Å². The van der Waals surface area contributed by atoms with E-state index in [9.17, 15) is 18.0 Å². The minimum atomic E-state index is -3.13. The van der Waals surface area contributed by atoms with E-state index in [4.69, 9.17) is 0 Å². The quantitative estimate of drug-likeness (QED) is 0.441. The molecule has 10 heavy (non-hydrogen) atoms. The molecule has 5 heteroatoms. The van der Waals surface area contributed by atoms with Gasteiger partial charge in [0.1, 0.15) is 6.29 Å². The van der Waals surface area contributed by atoms with Crippen molar-refractivity contribution in [3.63, 3.8) is 0 Å². The van der Waals surface area contributed by atoms with Gasteiger partial charge in [-0.2, -0.15) is 0 Å². The first-order valence-electron chi connectivity index (χ1n) is 2.66. The van der Waals surface area contributed by atoms with Gasteiger partial charge in [0.15, 0.2) is 0 Å². The lowest BCUT2D eigenvalue weighted by molar-refractivity contribution is -0.132. The average Bonchev–Trinajstić information content (AvgIpc) is 1.88. The summed E-state index contributed by atoms with van der Waals surface area (Å²) in [4.78, 5) is 9.57. The maximum Gasteiger partial charge on any atom is 0.293 e. The van der Waals surface area contributed by atoms with Crippen LogP contribution in [0.4, 0.5) is 13.2 Å². The van der Waals surface area contributed by atoms with Crippen LogP contribution in [0.25, 0.3) is 0 Å². The first-order chi connectivity index (χ1) is 4.68. The maximum atomic E-state index is 11.8. The molecule has 1 unspecified atom stereocenters. The van der Waals surface area contributed by atoms with E-state index in [0.717, 1.165) is 0 Å². The number of hydrogen-bond acceptors (Lipinski definition) is 2. The third kappa shape index (κ3) is 4.31. The van der Waals surface area contributed by atoms with Gasteiger partial charge < -0.3 is 9.53 Å². The highest BCUT2D eigenvalue weighted by Gasteiger charge is 2.18. The Bertz CT molecular complexity index is 96.9. The summed E-state index contributed by atoms with van der Waals surface area (Å²) in [6.07, 6.45) is -5.29. The topological polar surface area (TPSA) is 26.3 Å². The summed E-state index contributed by atoms with van der Waals surface area (Å²) in [5.41, 5.74) is 0. The SMILES string of the molecule is O=CCCOC(F)C(F)F. The zero-order valence-corrected chi connectivity index (χ0v) is 5.10. The molecule has 0 aromatic rings. The number of alkyl halides is 3. The summed E-state index contributed by atoms with van der Waals surface area (Å²) >= 11 is 0. The van der Waals surface area contributed by atoms with Crippen LogP contribution in [0.2, 0.25) is 0 Å². The van der Waals surface area contributed by atoms with Crippen molar-refractivity contribution in [2.75, 3.05) is 6.61 Å². The highest BCUT2D eigenvalue weighted by atomic mass is 19.3. The van der Waals surface area contributed by atoms with Crippen LogP contribution >= 0.6 is 0 Å². The van der Waals surface area contributed by atoms with E-state index in [1.54, 1.807) is 0 Å². The monoisotopic (exact) mass is 156 g/mol. The smallest absolute Gasteiger partial charge is 0.293 e. The lowest BCUT2D eigenvalue weighted by atomic mass is 10.5. The summed E-state index contributed by atoms with van der Waals surface area (Å²) in [7, 11) is 0. The molecule has 0 rings (SSSR count). The molecule has 0 radical (unpaired) electrons. The van der Waals surface area contributed by atoms with Crippen LogP contribution in [0.15, 0.2) is 0 Å². The molecular formula is C5H7F3O2. The Morgan fingerprint density at radius 3 is 2.40 bits per heavy atom. The zero-order chi connectivity index (χ0) is 7.98. The fraction of sp³-hybridized carbons (Fsp3) is 0.800. The van der Waals surface area contributed by atoms with Crippen LogP contribution in [-0.4, -0.2) is 25.7 Å². The minimum absolute atomic E-state index is 0.0624. The molecular weight excluding hydrogens is 149 g/mol. The highest BCUT2D eigenvalue weighted by Crippen LogP contribution is 2.06. The van der Waals surface area contributed by atoms with Crippen molar-refractivity contribution >= 4 is 6.29 Å². The minimum Gasteiger partial charge on any atom is -0.343 e. The fourth-order valence-electron chi connectivity index (χ4n) is 0.301.